The van der Waals surface area contributed by atoms with Crippen molar-refractivity contribution in [3.8, 4) is 28.6 Å². The number of piperazine rings is 1. The highest BCUT2D eigenvalue weighted by molar-refractivity contribution is 5.98. The van der Waals surface area contributed by atoms with Crippen molar-refractivity contribution in [2.75, 3.05) is 48.6 Å². The highest BCUT2D eigenvalue weighted by Crippen LogP contribution is 2.49. The van der Waals surface area contributed by atoms with Crippen LogP contribution in [0.4, 0.5) is 44.2 Å². The zero-order valence-corrected chi connectivity index (χ0v) is 36.7. The number of pyridine rings is 1. The van der Waals surface area contributed by atoms with Gasteiger partial charge in [-0.25, -0.2) is 23.5 Å². The predicted molar refractivity (Wildman–Crippen MR) is 231 cm³/mol. The maximum Gasteiger partial charge on any atom is 0.417 e. The van der Waals surface area contributed by atoms with Crippen LogP contribution in [-0.4, -0.2) is 89.6 Å². The van der Waals surface area contributed by atoms with E-state index >= 15 is 22.0 Å². The van der Waals surface area contributed by atoms with Crippen molar-refractivity contribution in [1.82, 2.24) is 19.9 Å². The molecule has 2 aromatic heterocycles. The van der Waals surface area contributed by atoms with E-state index in [2.05, 4.69) is 9.97 Å². The van der Waals surface area contributed by atoms with E-state index in [0.717, 1.165) is 19.4 Å². The van der Waals surface area contributed by atoms with E-state index in [9.17, 15) is 4.79 Å². The largest absolute Gasteiger partial charge is 0.497 e. The lowest BCUT2D eigenvalue weighted by atomic mass is 9.95. The fraction of sp³-hybridized carbons (Fsp3) is 0.447. The third-order valence-corrected chi connectivity index (χ3v) is 12.6. The monoisotopic (exact) mass is 887 g/mol. The van der Waals surface area contributed by atoms with E-state index in [4.69, 9.17) is 23.9 Å². The Morgan fingerprint density at radius 1 is 0.891 bits per heavy atom. The van der Waals surface area contributed by atoms with Crippen molar-refractivity contribution in [2.45, 2.75) is 103 Å². The Balaban J connectivity index is 1.22. The maximum atomic E-state index is 17.7. The summed E-state index contributed by atoms with van der Waals surface area (Å²) in [5.41, 5.74) is -3.26. The van der Waals surface area contributed by atoms with Crippen LogP contribution in [0.3, 0.4) is 0 Å². The van der Waals surface area contributed by atoms with Gasteiger partial charge < -0.3 is 33.6 Å². The van der Waals surface area contributed by atoms with Gasteiger partial charge in [-0.3, -0.25) is 4.90 Å². The second-order valence-electron chi connectivity index (χ2n) is 18.0. The Morgan fingerprint density at radius 3 is 2.06 bits per heavy atom. The van der Waals surface area contributed by atoms with Gasteiger partial charge in [0.25, 0.3) is 0 Å². The zero-order chi connectivity index (χ0) is 45.4. The fourth-order valence-electron chi connectivity index (χ4n) is 9.55. The topological polar surface area (TPSA) is 106 Å². The summed E-state index contributed by atoms with van der Waals surface area (Å²) in [7, 11) is 3.06. The average Bonchev–Trinajstić information content (AvgIpc) is 3.47. The molecule has 0 saturated carbocycles. The summed E-state index contributed by atoms with van der Waals surface area (Å²) in [6.07, 6.45) is -4.14. The van der Waals surface area contributed by atoms with Gasteiger partial charge in [0.2, 0.25) is 11.8 Å². The highest BCUT2D eigenvalue weighted by atomic mass is 19.4. The van der Waals surface area contributed by atoms with E-state index < -0.39 is 64.0 Å². The summed E-state index contributed by atoms with van der Waals surface area (Å²) < 4.78 is 104. The van der Waals surface area contributed by atoms with Crippen LogP contribution >= 0.6 is 0 Å². The van der Waals surface area contributed by atoms with Gasteiger partial charge in [0.1, 0.15) is 51.4 Å². The van der Waals surface area contributed by atoms with Gasteiger partial charge in [-0.15, -0.1) is 0 Å². The Hall–Kier alpha value is -6.13. The lowest BCUT2D eigenvalue weighted by Gasteiger charge is -2.48. The van der Waals surface area contributed by atoms with Crippen LogP contribution in [0, 0.1) is 18.6 Å². The normalized spacial score (nSPS) is 20.3. The second-order valence-corrected chi connectivity index (χ2v) is 18.0. The van der Waals surface area contributed by atoms with Crippen LogP contribution in [0.1, 0.15) is 69.2 Å². The SMILES string of the molecule is COc1ccc(CN(Cc2ccc(OC)cc2)c2cc(-c3nc4c5c(nc(N6CCC6)nc5c3F)N3C[C@H]5CC[C@@H]([C@H]3[C@H](C)O4)N5C(=O)OC(C)(C)C)c(C(F)(F)F)c(C)c2F)cc1. The molecule has 17 heteroatoms. The van der Waals surface area contributed by atoms with Crippen molar-refractivity contribution in [2.24, 2.45) is 0 Å². The van der Waals surface area contributed by atoms with Gasteiger partial charge in [-0.05, 0) is 101 Å². The summed E-state index contributed by atoms with van der Waals surface area (Å²) in [5.74, 6) is -0.696. The molecule has 0 unspecified atom stereocenters. The molecule has 4 aliphatic heterocycles. The lowest BCUT2D eigenvalue weighted by Crippen LogP contribution is -2.65. The molecule has 5 aromatic rings. The quantitative estimate of drug-likeness (QED) is 0.132. The minimum atomic E-state index is -5.13. The number of halogens is 5. The number of benzene rings is 3. The van der Waals surface area contributed by atoms with Gasteiger partial charge >= 0.3 is 12.3 Å². The number of amides is 1. The first-order valence-electron chi connectivity index (χ1n) is 21.5. The molecule has 3 saturated heterocycles. The third-order valence-electron chi connectivity index (χ3n) is 12.6. The van der Waals surface area contributed by atoms with Gasteiger partial charge in [0, 0.05) is 38.3 Å². The first-order valence-corrected chi connectivity index (χ1v) is 21.5. The molecule has 1 amide bonds. The first kappa shape index (κ1) is 43.1. The van der Waals surface area contributed by atoms with Crippen molar-refractivity contribution in [1.29, 1.82) is 0 Å². The number of carbonyl (C=O) groups excluding carboxylic acids is 1. The van der Waals surface area contributed by atoms with Crippen molar-refractivity contribution < 1.29 is 45.7 Å². The molecule has 0 radical (unpaired) electrons. The Kier molecular flexibility index (Phi) is 10.9. The van der Waals surface area contributed by atoms with E-state index in [-0.39, 0.29) is 53.6 Å². The molecule has 4 atom stereocenters. The molecule has 0 N–H and O–H groups in total. The number of fused-ring (bicyclic) bond motifs is 5. The number of nitrogens with zero attached hydrogens (tertiary/aromatic N) is 7. The molecular weight excluding hydrogens is 838 g/mol. The van der Waals surface area contributed by atoms with Gasteiger partial charge in [-0.2, -0.15) is 18.2 Å². The molecule has 338 valence electrons. The number of hydrogen-bond acceptors (Lipinski definition) is 11. The Morgan fingerprint density at radius 2 is 1.52 bits per heavy atom. The molecule has 3 aromatic carbocycles. The Labute approximate surface area is 367 Å². The average molecular weight is 888 g/mol. The molecular formula is C47H50F5N7O5. The molecule has 64 heavy (non-hydrogen) atoms. The van der Waals surface area contributed by atoms with E-state index in [0.29, 0.717) is 60.9 Å². The van der Waals surface area contributed by atoms with E-state index in [1.54, 1.807) is 86.0 Å². The standard InChI is InChI=1S/C47H50F5N7O5/c1-25-36(47(50,51)52)32(21-34(37(25)48)57(22-27-9-14-30(61-6)15-10-27)23-28-11-16-31(62-7)17-12-28)39-38(49)40-35-42(55-44(54-40)56-19-8-20-56)58-24-29-13-18-33(41(58)26(2)63-43(35)53-39)59(29)45(60)64-46(3,4)5/h9-12,14-17,21,26,29,33,41H,8,13,18-20,22-24H2,1-7H3/t26-,29+,33-,41+/m0/s1. The van der Waals surface area contributed by atoms with Crippen LogP contribution in [0.2, 0.25) is 0 Å². The number of aromatic nitrogens is 3. The third kappa shape index (κ3) is 7.69. The van der Waals surface area contributed by atoms with Gasteiger partial charge in [-0.1, -0.05) is 24.3 Å². The fourth-order valence-corrected chi connectivity index (χ4v) is 9.55. The van der Waals surface area contributed by atoms with Crippen molar-refractivity contribution in [3.05, 3.63) is 88.5 Å². The summed E-state index contributed by atoms with van der Waals surface area (Å²) in [6.45, 7) is 9.90. The molecule has 2 bridgehead atoms. The Bertz CT molecular complexity index is 2550. The number of anilines is 3. The number of rotatable bonds is 9. The smallest absolute Gasteiger partial charge is 0.417 e. The van der Waals surface area contributed by atoms with E-state index in [1.807, 2.05) is 9.80 Å². The molecule has 3 fully saturated rings. The zero-order valence-electron chi connectivity index (χ0n) is 36.7. The van der Waals surface area contributed by atoms with Crippen LogP contribution in [0.15, 0.2) is 54.6 Å². The minimum Gasteiger partial charge on any atom is -0.497 e. The van der Waals surface area contributed by atoms with Gasteiger partial charge in [0.15, 0.2) is 5.82 Å². The first-order chi connectivity index (χ1) is 30.4. The minimum absolute atomic E-state index is 0.0617. The van der Waals surface area contributed by atoms with Crippen molar-refractivity contribution >= 4 is 34.4 Å². The molecule has 0 aliphatic carbocycles. The maximum absolute atomic E-state index is 17.7. The van der Waals surface area contributed by atoms with Crippen LogP contribution in [0.5, 0.6) is 17.4 Å². The number of carbonyl (C=O) groups is 1. The number of methoxy groups -OCH3 is 2. The number of alkyl halides is 3. The van der Waals surface area contributed by atoms with Crippen molar-refractivity contribution in [3.63, 3.8) is 0 Å². The van der Waals surface area contributed by atoms with Crippen LogP contribution < -0.4 is 28.9 Å². The van der Waals surface area contributed by atoms with E-state index in [1.165, 1.54) is 14.2 Å². The van der Waals surface area contributed by atoms with Crippen LogP contribution in [-0.2, 0) is 24.0 Å². The number of ether oxygens (including phenoxy) is 4. The lowest BCUT2D eigenvalue weighted by molar-refractivity contribution is -0.137. The number of hydrogen-bond donors (Lipinski definition) is 0. The molecule has 6 heterocycles. The highest BCUT2D eigenvalue weighted by Gasteiger charge is 2.54. The summed E-state index contributed by atoms with van der Waals surface area (Å²) >= 11 is 0. The van der Waals surface area contributed by atoms with Gasteiger partial charge in [0.05, 0.1) is 43.6 Å². The van der Waals surface area contributed by atoms with Crippen LogP contribution in [0.25, 0.3) is 22.2 Å². The molecule has 4 aliphatic rings. The molecule has 9 rings (SSSR count). The predicted octanol–water partition coefficient (Wildman–Crippen LogP) is 9.47. The summed E-state index contributed by atoms with van der Waals surface area (Å²) in [5, 5.41) is 0.109. The molecule has 0 spiro atoms. The molecule has 12 nitrogen and oxygen atoms in total. The second kappa shape index (κ2) is 16.1. The summed E-state index contributed by atoms with van der Waals surface area (Å²) in [4.78, 5) is 35.2. The summed E-state index contributed by atoms with van der Waals surface area (Å²) in [6, 6.07) is 14.0.